The van der Waals surface area contributed by atoms with E-state index >= 15 is 0 Å². The third-order valence-electron chi connectivity index (χ3n) is 3.94. The van der Waals surface area contributed by atoms with Crippen LogP contribution in [-0.2, 0) is 14.8 Å². The van der Waals surface area contributed by atoms with Gasteiger partial charge < -0.3 is 11.1 Å². The van der Waals surface area contributed by atoms with E-state index in [-0.39, 0.29) is 30.2 Å². The summed E-state index contributed by atoms with van der Waals surface area (Å²) in [5, 5.41) is 2.95. The molecular weight excluding hydrogens is 266 g/mol. The second kappa shape index (κ2) is 6.67. The van der Waals surface area contributed by atoms with Gasteiger partial charge in [-0.15, -0.1) is 0 Å². The van der Waals surface area contributed by atoms with E-state index in [0.717, 1.165) is 12.8 Å². The summed E-state index contributed by atoms with van der Waals surface area (Å²) < 4.78 is 24.6. The lowest BCUT2D eigenvalue weighted by Crippen LogP contribution is -2.53. The molecule has 0 aliphatic carbocycles. The summed E-state index contributed by atoms with van der Waals surface area (Å²) in [4.78, 5) is 11.9. The fourth-order valence-electron chi connectivity index (χ4n) is 2.29. The molecule has 1 aliphatic rings. The molecule has 0 atom stereocenters. The lowest BCUT2D eigenvalue weighted by molar-refractivity contribution is -0.123. The van der Waals surface area contributed by atoms with Crippen LogP contribution in [0.3, 0.4) is 0 Å². The third-order valence-corrected chi connectivity index (χ3v) is 5.90. The van der Waals surface area contributed by atoms with Crippen molar-refractivity contribution in [2.45, 2.75) is 45.1 Å². The number of amides is 1. The summed E-state index contributed by atoms with van der Waals surface area (Å²) in [6.07, 6.45) is 2.39. The molecule has 0 saturated carbocycles. The van der Waals surface area contributed by atoms with Crippen LogP contribution in [0.4, 0.5) is 0 Å². The molecule has 0 spiro atoms. The van der Waals surface area contributed by atoms with Crippen molar-refractivity contribution in [3.05, 3.63) is 0 Å². The molecule has 6 nitrogen and oxygen atoms in total. The van der Waals surface area contributed by atoms with Gasteiger partial charge in [0.15, 0.2) is 0 Å². The van der Waals surface area contributed by atoms with Gasteiger partial charge in [0.1, 0.15) is 0 Å². The second-order valence-electron chi connectivity index (χ2n) is 5.06. The van der Waals surface area contributed by atoms with Gasteiger partial charge in [0.2, 0.25) is 15.9 Å². The highest BCUT2D eigenvalue weighted by atomic mass is 32.2. The number of hydrogen-bond donors (Lipinski definition) is 2. The Hall–Kier alpha value is -0.660. The highest BCUT2D eigenvalue weighted by Gasteiger charge is 2.30. The molecule has 19 heavy (non-hydrogen) atoms. The fourth-order valence-corrected chi connectivity index (χ4v) is 3.82. The Bertz CT molecular complexity index is 396. The average molecular weight is 291 g/mol. The van der Waals surface area contributed by atoms with E-state index in [2.05, 4.69) is 5.32 Å². The first kappa shape index (κ1) is 16.4. The number of nitrogens with one attached hydrogen (secondary N) is 1. The molecule has 3 N–H and O–H groups in total. The molecule has 1 amide bonds. The fraction of sp³-hybridized carbons (Fsp3) is 0.917. The Labute approximate surface area is 115 Å². The van der Waals surface area contributed by atoms with Gasteiger partial charge in [-0.25, -0.2) is 12.7 Å². The van der Waals surface area contributed by atoms with Crippen LogP contribution >= 0.6 is 0 Å². The van der Waals surface area contributed by atoms with Crippen molar-refractivity contribution in [1.82, 2.24) is 9.62 Å². The Morgan fingerprint density at radius 3 is 2.42 bits per heavy atom. The molecule has 0 aromatic heterocycles. The first-order chi connectivity index (χ1) is 8.89. The first-order valence-corrected chi connectivity index (χ1v) is 8.49. The van der Waals surface area contributed by atoms with E-state index in [1.54, 1.807) is 0 Å². The van der Waals surface area contributed by atoms with Crippen molar-refractivity contribution in [3.63, 3.8) is 0 Å². The van der Waals surface area contributed by atoms with Gasteiger partial charge in [-0.05, 0) is 19.3 Å². The minimum Gasteiger partial charge on any atom is -0.349 e. The normalized spacial score (nSPS) is 19.5. The number of carbonyl (C=O) groups is 1. The van der Waals surface area contributed by atoms with Crippen molar-refractivity contribution >= 4 is 15.9 Å². The minimum atomic E-state index is -3.11. The van der Waals surface area contributed by atoms with Crippen LogP contribution in [0.5, 0.6) is 0 Å². The predicted octanol–water partition coefficient (Wildman–Crippen LogP) is 0.0457. The number of nitrogens with two attached hydrogens (primary N) is 1. The molecule has 1 heterocycles. The molecule has 0 bridgehead atoms. The molecular formula is C12H25N3O3S. The van der Waals surface area contributed by atoms with Crippen LogP contribution in [0.1, 0.15) is 39.5 Å². The van der Waals surface area contributed by atoms with Crippen LogP contribution in [0, 0.1) is 0 Å². The molecule has 0 aromatic carbocycles. The van der Waals surface area contributed by atoms with Crippen LogP contribution in [0.2, 0.25) is 0 Å². The van der Waals surface area contributed by atoms with Crippen LogP contribution in [-0.4, -0.2) is 49.6 Å². The summed E-state index contributed by atoms with van der Waals surface area (Å²) in [5.74, 6) is 0.0712. The molecule has 1 saturated heterocycles. The van der Waals surface area contributed by atoms with Gasteiger partial charge in [-0.2, -0.15) is 0 Å². The van der Waals surface area contributed by atoms with E-state index in [1.165, 1.54) is 4.31 Å². The molecule has 0 aromatic rings. The molecule has 1 fully saturated rings. The number of hydrogen-bond acceptors (Lipinski definition) is 4. The maximum atomic E-state index is 11.9. The Morgan fingerprint density at radius 1 is 1.37 bits per heavy atom. The Kier molecular flexibility index (Phi) is 5.76. The van der Waals surface area contributed by atoms with E-state index < -0.39 is 10.0 Å². The van der Waals surface area contributed by atoms with Gasteiger partial charge in [-0.3, -0.25) is 4.79 Å². The number of sulfonamides is 1. The lowest BCUT2D eigenvalue weighted by Gasteiger charge is -2.31. The van der Waals surface area contributed by atoms with E-state index in [0.29, 0.717) is 19.5 Å². The largest absolute Gasteiger partial charge is 0.349 e. The third kappa shape index (κ3) is 4.15. The predicted molar refractivity (Wildman–Crippen MR) is 75.1 cm³/mol. The van der Waals surface area contributed by atoms with E-state index in [9.17, 15) is 13.2 Å². The van der Waals surface area contributed by atoms with Gasteiger partial charge in [0.25, 0.3) is 0 Å². The Balaban J connectivity index is 2.48. The topological polar surface area (TPSA) is 92.5 Å². The van der Waals surface area contributed by atoms with Gasteiger partial charge in [0, 0.05) is 26.1 Å². The van der Waals surface area contributed by atoms with Crippen LogP contribution in [0.15, 0.2) is 0 Å². The zero-order chi connectivity index (χ0) is 14.5. The quantitative estimate of drug-likeness (QED) is 0.693. The number of nitrogens with zero attached hydrogens (tertiary/aromatic N) is 1. The van der Waals surface area contributed by atoms with Gasteiger partial charge in [0.05, 0.1) is 11.3 Å². The van der Waals surface area contributed by atoms with Crippen molar-refractivity contribution < 1.29 is 13.2 Å². The molecule has 0 radical (unpaired) electrons. The average Bonchev–Trinajstić information content (AvgIpc) is 2.73. The molecule has 1 aliphatic heterocycles. The molecule has 7 heteroatoms. The van der Waals surface area contributed by atoms with Crippen LogP contribution in [0.25, 0.3) is 0 Å². The van der Waals surface area contributed by atoms with Gasteiger partial charge >= 0.3 is 0 Å². The smallest absolute Gasteiger partial charge is 0.221 e. The molecule has 112 valence electrons. The van der Waals surface area contributed by atoms with E-state index in [1.807, 2.05) is 13.8 Å². The highest BCUT2D eigenvalue weighted by molar-refractivity contribution is 7.89. The van der Waals surface area contributed by atoms with Crippen molar-refractivity contribution in [2.75, 3.05) is 25.4 Å². The van der Waals surface area contributed by atoms with Crippen molar-refractivity contribution in [1.29, 1.82) is 0 Å². The zero-order valence-corrected chi connectivity index (χ0v) is 12.6. The zero-order valence-electron chi connectivity index (χ0n) is 11.8. The number of carbonyl (C=O) groups excluding carboxylic acids is 1. The van der Waals surface area contributed by atoms with Crippen molar-refractivity contribution in [2.24, 2.45) is 5.73 Å². The summed E-state index contributed by atoms with van der Waals surface area (Å²) >= 11 is 0. The summed E-state index contributed by atoms with van der Waals surface area (Å²) in [5.41, 5.74) is 5.36. The van der Waals surface area contributed by atoms with Crippen molar-refractivity contribution in [3.8, 4) is 0 Å². The van der Waals surface area contributed by atoms with Crippen LogP contribution < -0.4 is 11.1 Å². The SMILES string of the molecule is CCC(CC)(CN)NC(=O)CCN1CCCS1(=O)=O. The minimum absolute atomic E-state index is 0.128. The standard InChI is InChI=1S/C12H25N3O3S/c1-3-12(4-2,10-13)14-11(16)6-8-15-7-5-9-19(15,17)18/h3-10,13H2,1-2H3,(H,14,16). The number of rotatable bonds is 7. The van der Waals surface area contributed by atoms with Gasteiger partial charge in [-0.1, -0.05) is 13.8 Å². The molecule has 1 rings (SSSR count). The highest BCUT2D eigenvalue weighted by Crippen LogP contribution is 2.15. The second-order valence-corrected chi connectivity index (χ2v) is 7.15. The van der Waals surface area contributed by atoms with E-state index in [4.69, 9.17) is 5.73 Å². The summed E-state index contributed by atoms with van der Waals surface area (Å²) in [7, 11) is -3.11. The lowest BCUT2D eigenvalue weighted by atomic mass is 9.93. The maximum absolute atomic E-state index is 11.9. The monoisotopic (exact) mass is 291 g/mol. The summed E-state index contributed by atoms with van der Waals surface area (Å²) in [6, 6.07) is 0. The Morgan fingerprint density at radius 2 is 2.00 bits per heavy atom. The molecule has 0 unspecified atom stereocenters. The first-order valence-electron chi connectivity index (χ1n) is 6.88. The maximum Gasteiger partial charge on any atom is 0.221 e. The summed E-state index contributed by atoms with van der Waals surface area (Å²) in [6.45, 7) is 5.17.